The number of methoxy groups -OCH3 is 2. The quantitative estimate of drug-likeness (QED) is 0.196. The third kappa shape index (κ3) is 6.38. The van der Waals surface area contributed by atoms with Gasteiger partial charge in [-0.3, -0.25) is 15.2 Å². The van der Waals surface area contributed by atoms with Gasteiger partial charge in [0.2, 0.25) is 0 Å². The SMILES string of the molecule is CCO/C(=C/NCCC#N)C(=N)C(=O)Nc1ccc(Oc2ccnc3cc(OC)c(OC)cc23)cn1. The Labute approximate surface area is 208 Å². The van der Waals surface area contributed by atoms with Crippen LogP contribution < -0.4 is 24.8 Å². The Kier molecular flexibility index (Phi) is 9.00. The highest BCUT2D eigenvalue weighted by atomic mass is 16.5. The molecule has 0 aliphatic carbocycles. The smallest absolute Gasteiger partial charge is 0.278 e. The number of carbonyl (C=O) groups is 1. The van der Waals surface area contributed by atoms with Gasteiger partial charge in [-0.15, -0.1) is 0 Å². The van der Waals surface area contributed by atoms with Crippen molar-refractivity contribution in [3.63, 3.8) is 0 Å². The molecule has 186 valence electrons. The summed E-state index contributed by atoms with van der Waals surface area (Å²) in [5, 5.41) is 22.9. The molecular formula is C25H26N6O5. The first-order chi connectivity index (χ1) is 17.5. The molecule has 1 aromatic carbocycles. The van der Waals surface area contributed by atoms with Crippen LogP contribution in [0.25, 0.3) is 10.9 Å². The van der Waals surface area contributed by atoms with Crippen molar-refractivity contribution in [1.29, 1.82) is 10.7 Å². The number of rotatable bonds is 12. The van der Waals surface area contributed by atoms with E-state index < -0.39 is 5.91 Å². The molecule has 11 nitrogen and oxygen atoms in total. The highest BCUT2D eigenvalue weighted by molar-refractivity contribution is 6.47. The molecule has 0 radical (unpaired) electrons. The maximum atomic E-state index is 12.5. The second-order valence-corrected chi connectivity index (χ2v) is 7.15. The van der Waals surface area contributed by atoms with Crippen molar-refractivity contribution in [1.82, 2.24) is 15.3 Å². The maximum Gasteiger partial charge on any atom is 0.278 e. The molecule has 0 bridgehead atoms. The Morgan fingerprint density at radius 2 is 1.92 bits per heavy atom. The first-order valence-corrected chi connectivity index (χ1v) is 11.0. The number of fused-ring (bicyclic) bond motifs is 1. The Balaban J connectivity index is 1.71. The highest BCUT2D eigenvalue weighted by Crippen LogP contribution is 2.36. The monoisotopic (exact) mass is 490 g/mol. The van der Waals surface area contributed by atoms with Crippen LogP contribution >= 0.6 is 0 Å². The van der Waals surface area contributed by atoms with Crippen molar-refractivity contribution in [2.45, 2.75) is 13.3 Å². The van der Waals surface area contributed by atoms with E-state index in [0.29, 0.717) is 35.1 Å². The lowest BCUT2D eigenvalue weighted by molar-refractivity contribution is -0.110. The molecule has 0 aliphatic heterocycles. The van der Waals surface area contributed by atoms with Gasteiger partial charge in [-0.05, 0) is 31.2 Å². The van der Waals surface area contributed by atoms with Gasteiger partial charge in [0, 0.05) is 30.4 Å². The van der Waals surface area contributed by atoms with Crippen LogP contribution in [0.15, 0.2) is 54.7 Å². The molecule has 3 aromatic rings. The van der Waals surface area contributed by atoms with Gasteiger partial charge < -0.3 is 29.6 Å². The van der Waals surface area contributed by atoms with E-state index in [-0.39, 0.29) is 30.3 Å². The molecular weight excluding hydrogens is 464 g/mol. The number of ether oxygens (including phenoxy) is 4. The molecule has 0 fully saturated rings. The molecule has 2 aromatic heterocycles. The molecule has 0 unspecified atom stereocenters. The number of pyridine rings is 2. The van der Waals surface area contributed by atoms with Gasteiger partial charge in [-0.2, -0.15) is 5.26 Å². The fourth-order valence-electron chi connectivity index (χ4n) is 3.10. The Hall–Kier alpha value is -4.85. The lowest BCUT2D eigenvalue weighted by atomic mass is 10.2. The molecule has 0 aliphatic rings. The average Bonchev–Trinajstić information content (AvgIpc) is 2.90. The van der Waals surface area contributed by atoms with Crippen molar-refractivity contribution < 1.29 is 23.7 Å². The largest absolute Gasteiger partial charge is 0.493 e. The summed E-state index contributed by atoms with van der Waals surface area (Å²) >= 11 is 0. The maximum absolute atomic E-state index is 12.5. The van der Waals surface area contributed by atoms with Crippen molar-refractivity contribution in [3.8, 4) is 29.1 Å². The van der Waals surface area contributed by atoms with E-state index in [1.165, 1.54) is 12.4 Å². The van der Waals surface area contributed by atoms with E-state index in [0.717, 1.165) is 5.39 Å². The molecule has 3 rings (SSSR count). The molecule has 11 heteroatoms. The van der Waals surface area contributed by atoms with Crippen LogP contribution in [0.5, 0.6) is 23.0 Å². The first kappa shape index (κ1) is 25.8. The van der Waals surface area contributed by atoms with Crippen molar-refractivity contribution in [3.05, 3.63) is 54.7 Å². The Morgan fingerprint density at radius 1 is 1.14 bits per heavy atom. The van der Waals surface area contributed by atoms with Crippen molar-refractivity contribution in [2.75, 3.05) is 32.7 Å². The Morgan fingerprint density at radius 3 is 2.58 bits per heavy atom. The van der Waals surface area contributed by atoms with Gasteiger partial charge in [0.15, 0.2) is 23.0 Å². The summed E-state index contributed by atoms with van der Waals surface area (Å²) in [4.78, 5) is 21.1. The molecule has 36 heavy (non-hydrogen) atoms. The lowest BCUT2D eigenvalue weighted by Crippen LogP contribution is -2.26. The standard InChI is InChI=1S/C25H26N6O5/c1-4-35-22(15-28-10-5-9-26)24(27)25(32)31-23-7-6-16(14-30-23)36-19-8-11-29-18-13-21(34-3)20(33-2)12-17(18)19/h6-8,11-15,27-28H,4-5,10H2,1-3H3,(H,30,31,32)/b22-15+,27-24?. The van der Waals surface area contributed by atoms with Crippen LogP contribution in [-0.4, -0.2) is 49.0 Å². The fourth-order valence-corrected chi connectivity index (χ4v) is 3.10. The summed E-state index contributed by atoms with van der Waals surface area (Å²) in [6.45, 7) is 2.39. The second kappa shape index (κ2) is 12.6. The number of carbonyl (C=O) groups excluding carboxylic acids is 1. The zero-order valence-corrected chi connectivity index (χ0v) is 20.1. The van der Waals surface area contributed by atoms with E-state index in [4.69, 9.17) is 29.6 Å². The number of amides is 1. The average molecular weight is 491 g/mol. The van der Waals surface area contributed by atoms with E-state index in [9.17, 15) is 4.79 Å². The summed E-state index contributed by atoms with van der Waals surface area (Å²) in [6, 6.07) is 10.5. The van der Waals surface area contributed by atoms with E-state index in [2.05, 4.69) is 20.6 Å². The number of anilines is 1. The predicted molar refractivity (Wildman–Crippen MR) is 133 cm³/mol. The second-order valence-electron chi connectivity index (χ2n) is 7.15. The molecule has 0 saturated carbocycles. The minimum atomic E-state index is -0.695. The van der Waals surface area contributed by atoms with Gasteiger partial charge >= 0.3 is 0 Å². The Bertz CT molecular complexity index is 1300. The predicted octanol–water partition coefficient (Wildman–Crippen LogP) is 3.78. The van der Waals surface area contributed by atoms with Gasteiger partial charge in [0.1, 0.15) is 17.3 Å². The number of nitrogens with zero attached hydrogens (tertiary/aromatic N) is 3. The van der Waals surface area contributed by atoms with E-state index in [1.807, 2.05) is 6.07 Å². The number of nitriles is 1. The van der Waals surface area contributed by atoms with Gasteiger partial charge in [0.25, 0.3) is 5.91 Å². The van der Waals surface area contributed by atoms with Crippen LogP contribution in [-0.2, 0) is 9.53 Å². The molecule has 0 spiro atoms. The normalized spacial score (nSPS) is 10.8. The third-order valence-electron chi connectivity index (χ3n) is 4.80. The van der Waals surface area contributed by atoms with Crippen LogP contribution in [0.3, 0.4) is 0 Å². The first-order valence-electron chi connectivity index (χ1n) is 11.0. The minimum Gasteiger partial charge on any atom is -0.493 e. The van der Waals surface area contributed by atoms with Crippen LogP contribution in [0.2, 0.25) is 0 Å². The summed E-state index contributed by atoms with van der Waals surface area (Å²) in [5.74, 6) is 1.67. The van der Waals surface area contributed by atoms with Crippen molar-refractivity contribution >= 4 is 28.3 Å². The summed E-state index contributed by atoms with van der Waals surface area (Å²) < 4.78 is 22.1. The summed E-state index contributed by atoms with van der Waals surface area (Å²) in [5.41, 5.74) is 0.289. The number of hydrogen-bond acceptors (Lipinski definition) is 10. The van der Waals surface area contributed by atoms with Crippen LogP contribution in [0, 0.1) is 16.7 Å². The summed E-state index contributed by atoms with van der Waals surface area (Å²) in [7, 11) is 3.11. The minimum absolute atomic E-state index is 0.0597. The van der Waals surface area contributed by atoms with Gasteiger partial charge in [-0.1, -0.05) is 0 Å². The molecule has 0 atom stereocenters. The zero-order valence-electron chi connectivity index (χ0n) is 20.1. The van der Waals surface area contributed by atoms with Gasteiger partial charge in [0.05, 0.1) is 45.0 Å². The summed E-state index contributed by atoms with van der Waals surface area (Å²) in [6.07, 6.45) is 4.76. The van der Waals surface area contributed by atoms with Crippen LogP contribution in [0.4, 0.5) is 5.82 Å². The third-order valence-corrected chi connectivity index (χ3v) is 4.80. The number of aromatic nitrogens is 2. The zero-order chi connectivity index (χ0) is 25.9. The lowest BCUT2D eigenvalue weighted by Gasteiger charge is -2.13. The number of nitrogens with one attached hydrogen (secondary N) is 3. The number of benzene rings is 1. The van der Waals surface area contributed by atoms with E-state index in [1.54, 1.807) is 57.7 Å². The molecule has 1 amide bonds. The van der Waals surface area contributed by atoms with Crippen LogP contribution in [0.1, 0.15) is 13.3 Å². The fraction of sp³-hybridized carbons (Fsp3) is 0.240. The molecule has 3 N–H and O–H groups in total. The van der Waals surface area contributed by atoms with Crippen molar-refractivity contribution in [2.24, 2.45) is 0 Å². The molecule has 2 heterocycles. The van der Waals surface area contributed by atoms with E-state index >= 15 is 0 Å². The number of hydrogen-bond donors (Lipinski definition) is 3. The topological polar surface area (TPSA) is 151 Å². The molecule has 0 saturated heterocycles. The highest BCUT2D eigenvalue weighted by Gasteiger charge is 2.17. The van der Waals surface area contributed by atoms with Gasteiger partial charge in [-0.25, -0.2) is 4.98 Å².